The quantitative estimate of drug-likeness (QED) is 0.635. The van der Waals surface area contributed by atoms with Crippen LogP contribution in [0.4, 0.5) is 0 Å². The van der Waals surface area contributed by atoms with E-state index < -0.39 is 0 Å². The van der Waals surface area contributed by atoms with Crippen LogP contribution in [0.25, 0.3) is 16.8 Å². The lowest BCUT2D eigenvalue weighted by molar-refractivity contribution is 0.632. The monoisotopic (exact) mass is 348 g/mol. The predicted molar refractivity (Wildman–Crippen MR) is 108 cm³/mol. The Morgan fingerprint density at radius 2 is 2.04 bits per heavy atom. The summed E-state index contributed by atoms with van der Waals surface area (Å²) < 4.78 is 0. The molecule has 126 valence electrons. The van der Waals surface area contributed by atoms with Gasteiger partial charge < -0.3 is 5.32 Å². The summed E-state index contributed by atoms with van der Waals surface area (Å²) in [6.45, 7) is 0.872. The highest BCUT2D eigenvalue weighted by Gasteiger charge is 2.24. The molecule has 3 heteroatoms. The molecule has 0 spiro atoms. The summed E-state index contributed by atoms with van der Waals surface area (Å²) in [7, 11) is 0. The molecular weight excluding hydrogens is 328 g/mol. The van der Waals surface area contributed by atoms with Crippen LogP contribution in [0.5, 0.6) is 0 Å². The van der Waals surface area contributed by atoms with E-state index in [4.69, 9.17) is 11.6 Å². The molecule has 0 bridgehead atoms. The van der Waals surface area contributed by atoms with Crippen LogP contribution in [-0.2, 0) is 0 Å². The Bertz CT molecular complexity index is 894. The van der Waals surface area contributed by atoms with Crippen molar-refractivity contribution in [1.29, 1.82) is 0 Å². The van der Waals surface area contributed by atoms with Gasteiger partial charge in [-0.1, -0.05) is 48.0 Å². The summed E-state index contributed by atoms with van der Waals surface area (Å²) in [6, 6.07) is 10.7. The van der Waals surface area contributed by atoms with Crippen LogP contribution in [0.15, 0.2) is 65.4 Å². The third-order valence-electron chi connectivity index (χ3n) is 4.95. The highest BCUT2D eigenvalue weighted by Crippen LogP contribution is 2.42. The Balaban J connectivity index is 0.000000223. The Morgan fingerprint density at radius 3 is 2.80 bits per heavy atom. The van der Waals surface area contributed by atoms with Crippen molar-refractivity contribution in [3.63, 3.8) is 0 Å². The number of nitrogens with one attached hydrogen (secondary N) is 1. The molecule has 0 saturated heterocycles. The van der Waals surface area contributed by atoms with Gasteiger partial charge in [-0.3, -0.25) is 4.99 Å². The fraction of sp³-hybridized carbons (Fsp3) is 0.227. The van der Waals surface area contributed by atoms with Gasteiger partial charge in [0.15, 0.2) is 0 Å². The van der Waals surface area contributed by atoms with Crippen molar-refractivity contribution >= 4 is 34.7 Å². The van der Waals surface area contributed by atoms with E-state index in [9.17, 15) is 0 Å². The zero-order valence-electron chi connectivity index (χ0n) is 14.1. The van der Waals surface area contributed by atoms with E-state index >= 15 is 0 Å². The molecule has 25 heavy (non-hydrogen) atoms. The second-order valence-electron chi connectivity index (χ2n) is 6.51. The van der Waals surface area contributed by atoms with Gasteiger partial charge in [-0.2, -0.15) is 0 Å². The van der Waals surface area contributed by atoms with Crippen LogP contribution in [0.3, 0.4) is 0 Å². The first-order chi connectivity index (χ1) is 12.3. The highest BCUT2D eigenvalue weighted by atomic mass is 35.5. The van der Waals surface area contributed by atoms with E-state index in [-0.39, 0.29) is 0 Å². The molecule has 1 aliphatic heterocycles. The molecule has 0 saturated carbocycles. The number of rotatable bonds is 0. The minimum Gasteiger partial charge on any atom is -0.385 e. The fourth-order valence-electron chi connectivity index (χ4n) is 3.75. The minimum atomic E-state index is 0.595. The molecule has 3 aliphatic rings. The zero-order valence-corrected chi connectivity index (χ0v) is 14.8. The molecule has 2 aliphatic carbocycles. The van der Waals surface area contributed by atoms with Crippen molar-refractivity contribution in [2.45, 2.75) is 25.2 Å². The molecule has 1 atom stereocenters. The van der Waals surface area contributed by atoms with Gasteiger partial charge in [0.25, 0.3) is 0 Å². The molecule has 1 heterocycles. The van der Waals surface area contributed by atoms with Crippen molar-refractivity contribution in [3.05, 3.63) is 76.6 Å². The first-order valence-corrected chi connectivity index (χ1v) is 9.21. The van der Waals surface area contributed by atoms with Crippen LogP contribution < -0.4 is 5.32 Å². The zero-order chi connectivity index (χ0) is 17.1. The number of halogens is 1. The molecule has 1 N–H and O–H groups in total. The summed E-state index contributed by atoms with van der Waals surface area (Å²) in [4.78, 5) is 3.81. The topological polar surface area (TPSA) is 24.4 Å². The van der Waals surface area contributed by atoms with E-state index in [0.717, 1.165) is 11.6 Å². The average Bonchev–Trinajstić information content (AvgIpc) is 2.69. The largest absolute Gasteiger partial charge is 0.385 e. The van der Waals surface area contributed by atoms with Gasteiger partial charge >= 0.3 is 0 Å². The summed E-state index contributed by atoms with van der Waals surface area (Å²) in [5, 5.41) is 6.33. The van der Waals surface area contributed by atoms with Crippen LogP contribution in [-0.4, -0.2) is 12.8 Å². The Kier molecular flexibility index (Phi) is 4.71. The molecule has 2 aromatic rings. The van der Waals surface area contributed by atoms with E-state index in [1.807, 2.05) is 18.5 Å². The van der Waals surface area contributed by atoms with Gasteiger partial charge in [0.1, 0.15) is 0 Å². The number of benzene rings is 2. The normalized spacial score (nSPS) is 20.0. The smallest absolute Gasteiger partial charge is 0.0498 e. The lowest BCUT2D eigenvalue weighted by Gasteiger charge is -2.28. The van der Waals surface area contributed by atoms with Crippen LogP contribution in [0, 0.1) is 0 Å². The third-order valence-corrected chi connectivity index (χ3v) is 5.18. The van der Waals surface area contributed by atoms with Crippen LogP contribution in [0.2, 0.25) is 5.02 Å². The average molecular weight is 349 g/mol. The second-order valence-corrected chi connectivity index (χ2v) is 6.95. The molecular formula is C22H21ClN2. The third kappa shape index (κ3) is 3.40. The number of aliphatic imine (C=N–C) groups is 1. The maximum atomic E-state index is 6.16. The SMILES string of the molecule is C1=CNCC=N1.Clc1ccc2ccc3c(c2c1)C=CC1=CCCC[C@H]13. The van der Waals surface area contributed by atoms with Gasteiger partial charge in [-0.25, -0.2) is 0 Å². The van der Waals surface area contributed by atoms with E-state index in [1.165, 1.54) is 46.7 Å². The number of nitrogens with zero attached hydrogens (tertiary/aromatic N) is 1. The molecule has 0 radical (unpaired) electrons. The lowest BCUT2D eigenvalue weighted by Crippen LogP contribution is -2.10. The molecule has 0 aromatic heterocycles. The molecule has 5 rings (SSSR count). The van der Waals surface area contributed by atoms with E-state index in [0.29, 0.717) is 5.92 Å². The number of fused-ring (bicyclic) bond motifs is 5. The maximum Gasteiger partial charge on any atom is 0.0498 e. The van der Waals surface area contributed by atoms with E-state index in [2.05, 4.69) is 52.8 Å². The van der Waals surface area contributed by atoms with Gasteiger partial charge in [0, 0.05) is 36.1 Å². The van der Waals surface area contributed by atoms with Crippen molar-refractivity contribution in [2.24, 2.45) is 4.99 Å². The second kappa shape index (κ2) is 7.28. The van der Waals surface area contributed by atoms with Gasteiger partial charge in [0.05, 0.1) is 0 Å². The summed E-state index contributed by atoms with van der Waals surface area (Å²) in [5.74, 6) is 0.595. The van der Waals surface area contributed by atoms with Crippen molar-refractivity contribution in [3.8, 4) is 0 Å². The van der Waals surface area contributed by atoms with Crippen molar-refractivity contribution < 1.29 is 0 Å². The number of allylic oxidation sites excluding steroid dienone is 3. The summed E-state index contributed by atoms with van der Waals surface area (Å²) in [5.41, 5.74) is 4.34. The molecule has 0 fully saturated rings. The van der Waals surface area contributed by atoms with Crippen LogP contribution in [0.1, 0.15) is 36.3 Å². The molecule has 2 aromatic carbocycles. The Labute approximate surface area is 153 Å². The highest BCUT2D eigenvalue weighted by molar-refractivity contribution is 6.31. The molecule has 0 amide bonds. The summed E-state index contributed by atoms with van der Waals surface area (Å²) >= 11 is 6.16. The van der Waals surface area contributed by atoms with Gasteiger partial charge in [-0.15, -0.1) is 0 Å². The predicted octanol–water partition coefficient (Wildman–Crippen LogP) is 5.85. The lowest BCUT2D eigenvalue weighted by atomic mass is 9.76. The van der Waals surface area contributed by atoms with E-state index in [1.54, 1.807) is 6.20 Å². The van der Waals surface area contributed by atoms with Gasteiger partial charge in [-0.05, 0) is 58.9 Å². The Hall–Kier alpha value is -2.32. The number of hydrogen-bond donors (Lipinski definition) is 1. The maximum absolute atomic E-state index is 6.16. The van der Waals surface area contributed by atoms with Crippen molar-refractivity contribution in [1.82, 2.24) is 5.32 Å². The first kappa shape index (κ1) is 16.2. The standard InChI is InChI=1S/C18H15Cl.C4H6N2/c19-14-8-5-13-7-9-16-15-4-2-1-3-12(15)6-10-17(16)18(13)11-14;1-2-6-4-3-5-1/h3,5-11,15H,1-2,4H2;1-3,6H,4H2/t15-;/m1./s1. The Morgan fingerprint density at radius 1 is 1.12 bits per heavy atom. The molecule has 2 nitrogen and oxygen atoms in total. The fourth-order valence-corrected chi connectivity index (χ4v) is 3.92. The minimum absolute atomic E-state index is 0.595. The molecule has 0 unspecified atom stereocenters. The number of hydrogen-bond acceptors (Lipinski definition) is 2. The summed E-state index contributed by atoms with van der Waals surface area (Å²) in [6.07, 6.45) is 16.1. The van der Waals surface area contributed by atoms with Crippen LogP contribution >= 0.6 is 11.6 Å². The van der Waals surface area contributed by atoms with Crippen molar-refractivity contribution in [2.75, 3.05) is 6.54 Å². The van der Waals surface area contributed by atoms with Gasteiger partial charge in [0.2, 0.25) is 0 Å². The first-order valence-electron chi connectivity index (χ1n) is 8.83.